The third kappa shape index (κ3) is 1.50. The Morgan fingerprint density at radius 3 is 2.29 bits per heavy atom. The van der Waals surface area contributed by atoms with Crippen molar-refractivity contribution in [3.63, 3.8) is 0 Å². The Morgan fingerprint density at radius 2 is 1.83 bits per heavy atom. The third-order valence-electron chi connectivity index (χ3n) is 4.85. The summed E-state index contributed by atoms with van der Waals surface area (Å²) in [5, 5.41) is 41.2. The molecule has 1 fully saturated rings. The molecule has 7 nitrogen and oxygen atoms in total. The highest BCUT2D eigenvalue weighted by Crippen LogP contribution is 2.62. The number of carbonyl (C=O) groups excluding carboxylic acids is 1. The number of hydrogen-bond acceptors (Lipinski definition) is 7. The molecule has 1 saturated carbocycles. The van der Waals surface area contributed by atoms with E-state index in [9.17, 15) is 20.6 Å². The van der Waals surface area contributed by atoms with Crippen LogP contribution in [-0.2, 0) is 9.63 Å². The quantitative estimate of drug-likeness (QED) is 0.789. The molecular formula is C17H11N5O2. The number of nitriles is 3. The van der Waals surface area contributed by atoms with Gasteiger partial charge in [0.05, 0.1) is 29.6 Å². The molecule has 1 N–H and O–H groups in total. The molecule has 1 aromatic carbocycles. The molecule has 3 rings (SSSR count). The molecule has 2 aliphatic rings. The van der Waals surface area contributed by atoms with E-state index in [1.165, 1.54) is 6.92 Å². The third-order valence-corrected chi connectivity index (χ3v) is 4.85. The second-order valence-electron chi connectivity index (χ2n) is 5.78. The van der Waals surface area contributed by atoms with E-state index in [0.29, 0.717) is 5.56 Å². The zero-order chi connectivity index (χ0) is 17.5. The van der Waals surface area contributed by atoms with Crippen molar-refractivity contribution in [2.45, 2.75) is 12.8 Å². The number of carbonyl (C=O) groups is 1. The predicted molar refractivity (Wildman–Crippen MR) is 81.3 cm³/mol. The van der Waals surface area contributed by atoms with Crippen molar-refractivity contribution in [1.82, 2.24) is 0 Å². The smallest absolute Gasteiger partial charge is 0.317 e. The summed E-state index contributed by atoms with van der Waals surface area (Å²) in [5.74, 6) is -3.22. The molecule has 1 aromatic rings. The Balaban J connectivity index is 2.43. The highest BCUT2D eigenvalue weighted by atomic mass is 16.7. The highest BCUT2D eigenvalue weighted by molar-refractivity contribution is 6.29. The first-order valence-corrected chi connectivity index (χ1v) is 7.13. The fourth-order valence-electron chi connectivity index (χ4n) is 3.76. The molecule has 1 aliphatic heterocycles. The average Bonchev–Trinajstić information content (AvgIpc) is 3.03. The van der Waals surface area contributed by atoms with Crippen LogP contribution in [0.4, 0.5) is 0 Å². The summed E-state index contributed by atoms with van der Waals surface area (Å²) in [4.78, 5) is 17.4. The zero-order valence-corrected chi connectivity index (χ0v) is 12.6. The van der Waals surface area contributed by atoms with Crippen LogP contribution < -0.4 is 0 Å². The van der Waals surface area contributed by atoms with Gasteiger partial charge in [-0.1, -0.05) is 35.5 Å². The van der Waals surface area contributed by atoms with Crippen molar-refractivity contribution in [2.24, 2.45) is 21.9 Å². The second kappa shape index (κ2) is 5.01. The molecule has 0 aromatic heterocycles. The van der Waals surface area contributed by atoms with Crippen molar-refractivity contribution in [2.75, 3.05) is 0 Å². The molecule has 1 heterocycles. The molecule has 0 amide bonds. The van der Waals surface area contributed by atoms with E-state index in [1.807, 2.05) is 18.2 Å². The van der Waals surface area contributed by atoms with Gasteiger partial charge in [0.1, 0.15) is 5.92 Å². The number of nitrogens with one attached hydrogen (secondary N) is 1. The van der Waals surface area contributed by atoms with E-state index in [-0.39, 0.29) is 11.4 Å². The van der Waals surface area contributed by atoms with E-state index >= 15 is 0 Å². The largest absolute Gasteiger partial charge is 0.353 e. The maximum Gasteiger partial charge on any atom is 0.353 e. The SMILES string of the molecule is CC1=NOC(=O)[C@@]12C(=N)[C@@H](C#N)C(C#N)(C#N)[C@@H]2c1ccccc1. The lowest BCUT2D eigenvalue weighted by molar-refractivity contribution is -0.146. The number of rotatable bonds is 1. The van der Waals surface area contributed by atoms with Gasteiger partial charge in [0.2, 0.25) is 0 Å². The minimum atomic E-state index is -1.88. The number of oxime groups is 1. The van der Waals surface area contributed by atoms with Crippen LogP contribution in [0.15, 0.2) is 35.5 Å². The number of benzene rings is 1. The fourth-order valence-corrected chi connectivity index (χ4v) is 3.76. The lowest BCUT2D eigenvalue weighted by Gasteiger charge is -2.31. The van der Waals surface area contributed by atoms with E-state index in [0.717, 1.165) is 0 Å². The summed E-state index contributed by atoms with van der Waals surface area (Å²) in [7, 11) is 0. The minimum absolute atomic E-state index is 0.180. The minimum Gasteiger partial charge on any atom is -0.317 e. The van der Waals surface area contributed by atoms with Gasteiger partial charge < -0.3 is 10.2 Å². The van der Waals surface area contributed by atoms with Crippen molar-refractivity contribution in [1.29, 1.82) is 21.2 Å². The maximum atomic E-state index is 12.6. The van der Waals surface area contributed by atoms with Crippen LogP contribution in [0.3, 0.4) is 0 Å². The van der Waals surface area contributed by atoms with Crippen LogP contribution in [-0.4, -0.2) is 17.4 Å². The lowest BCUT2D eigenvalue weighted by Crippen LogP contribution is -2.44. The molecule has 1 spiro atoms. The molecule has 0 bridgehead atoms. The van der Waals surface area contributed by atoms with Gasteiger partial charge in [-0.15, -0.1) is 0 Å². The number of nitrogens with zero attached hydrogens (tertiary/aromatic N) is 4. The first-order valence-electron chi connectivity index (χ1n) is 7.13. The molecule has 0 radical (unpaired) electrons. The van der Waals surface area contributed by atoms with Crippen molar-refractivity contribution < 1.29 is 9.63 Å². The second-order valence-corrected chi connectivity index (χ2v) is 5.78. The summed E-state index contributed by atoms with van der Waals surface area (Å²) < 4.78 is 0. The van der Waals surface area contributed by atoms with Crippen LogP contribution in [0.25, 0.3) is 0 Å². The standard InChI is InChI=1S/C17H11N5O2/c1-10-17(15(23)24-22-10)13(11-5-3-2-4-6-11)16(8-19,9-20)12(7-18)14(17)21/h2-6,12-13,21H,1H3/t12-,13+,17+/m1/s1. The van der Waals surface area contributed by atoms with Crippen LogP contribution in [0.2, 0.25) is 0 Å². The topological polar surface area (TPSA) is 134 Å². The predicted octanol–water partition coefficient (Wildman–Crippen LogP) is 1.90. The van der Waals surface area contributed by atoms with Crippen LogP contribution >= 0.6 is 0 Å². The normalized spacial score (nSPS) is 30.2. The van der Waals surface area contributed by atoms with Crippen molar-refractivity contribution in [3.05, 3.63) is 35.9 Å². The first kappa shape index (κ1) is 15.4. The van der Waals surface area contributed by atoms with Gasteiger partial charge in [-0.3, -0.25) is 0 Å². The van der Waals surface area contributed by atoms with Gasteiger partial charge in [-0.2, -0.15) is 15.8 Å². The van der Waals surface area contributed by atoms with Crippen molar-refractivity contribution in [3.8, 4) is 18.2 Å². The molecule has 7 heteroatoms. The molecule has 1 aliphatic carbocycles. The summed E-state index contributed by atoms with van der Waals surface area (Å²) in [6, 6.07) is 14.2. The molecular weight excluding hydrogens is 306 g/mol. The van der Waals surface area contributed by atoms with E-state index in [2.05, 4.69) is 5.16 Å². The Hall–Kier alpha value is -3.50. The van der Waals surface area contributed by atoms with Gasteiger partial charge in [0, 0.05) is 5.92 Å². The lowest BCUT2D eigenvalue weighted by atomic mass is 9.64. The summed E-state index contributed by atoms with van der Waals surface area (Å²) >= 11 is 0. The molecule has 3 atom stereocenters. The molecule has 0 saturated heterocycles. The first-order chi connectivity index (χ1) is 11.5. The summed E-state index contributed by atoms with van der Waals surface area (Å²) in [6.45, 7) is 1.51. The average molecular weight is 317 g/mol. The van der Waals surface area contributed by atoms with E-state index in [1.54, 1.807) is 30.3 Å². The van der Waals surface area contributed by atoms with Gasteiger partial charge in [0.15, 0.2) is 10.8 Å². The molecule has 116 valence electrons. The Kier molecular flexibility index (Phi) is 3.21. The molecule has 0 unspecified atom stereocenters. The van der Waals surface area contributed by atoms with Gasteiger partial charge >= 0.3 is 5.97 Å². The Labute approximate surface area is 137 Å². The van der Waals surface area contributed by atoms with Gasteiger partial charge in [-0.05, 0) is 12.5 Å². The monoisotopic (exact) mass is 317 g/mol. The van der Waals surface area contributed by atoms with Crippen molar-refractivity contribution >= 4 is 17.4 Å². The maximum absolute atomic E-state index is 12.6. The highest BCUT2D eigenvalue weighted by Gasteiger charge is 2.74. The van der Waals surface area contributed by atoms with Crippen LogP contribution in [0.1, 0.15) is 18.4 Å². The van der Waals surface area contributed by atoms with Crippen LogP contribution in [0.5, 0.6) is 0 Å². The van der Waals surface area contributed by atoms with Gasteiger partial charge in [-0.25, -0.2) is 4.79 Å². The fraction of sp³-hybridized carbons (Fsp3) is 0.294. The van der Waals surface area contributed by atoms with E-state index < -0.39 is 28.6 Å². The molecule has 24 heavy (non-hydrogen) atoms. The Morgan fingerprint density at radius 1 is 1.21 bits per heavy atom. The summed E-state index contributed by atoms with van der Waals surface area (Å²) in [6.07, 6.45) is 0. The zero-order valence-electron chi connectivity index (χ0n) is 12.6. The van der Waals surface area contributed by atoms with Crippen LogP contribution in [0, 0.1) is 56.2 Å². The summed E-state index contributed by atoms with van der Waals surface area (Å²) in [5.41, 5.74) is -3.21. The van der Waals surface area contributed by atoms with E-state index in [4.69, 9.17) is 10.2 Å². The van der Waals surface area contributed by atoms with Gasteiger partial charge in [0.25, 0.3) is 0 Å². The Bertz CT molecular complexity index is 886. The number of hydrogen-bond donors (Lipinski definition) is 1.